The Morgan fingerprint density at radius 3 is 2.50 bits per heavy atom. The number of fused-ring (bicyclic) bond motifs is 1. The Morgan fingerprint density at radius 2 is 1.81 bits per heavy atom. The number of aryl methyl sites for hydroxylation is 1. The van der Waals surface area contributed by atoms with Crippen molar-refractivity contribution in [3.05, 3.63) is 60.3 Å². The zero-order valence-corrected chi connectivity index (χ0v) is 14.8. The van der Waals surface area contributed by atoms with Crippen molar-refractivity contribution in [2.75, 3.05) is 12.0 Å². The molecule has 2 heterocycles. The summed E-state index contributed by atoms with van der Waals surface area (Å²) in [4.78, 5) is 27.0. The third-order valence-electron chi connectivity index (χ3n) is 5.01. The third-order valence-corrected chi connectivity index (χ3v) is 5.01. The number of carbonyl (C=O) groups excluding carboxylic acids is 2. The number of amides is 2. The number of anilines is 1. The van der Waals surface area contributed by atoms with Crippen molar-refractivity contribution >= 4 is 28.4 Å². The van der Waals surface area contributed by atoms with Gasteiger partial charge in [-0.25, -0.2) is 0 Å². The number of carbonyl (C=O) groups is 2. The highest BCUT2D eigenvalue weighted by molar-refractivity contribution is 6.23. The van der Waals surface area contributed by atoms with Gasteiger partial charge >= 0.3 is 0 Å². The molecule has 4 rings (SSSR count). The first kappa shape index (κ1) is 16.4. The van der Waals surface area contributed by atoms with Gasteiger partial charge in [-0.05, 0) is 42.8 Å². The van der Waals surface area contributed by atoms with Crippen LogP contribution in [0.2, 0.25) is 0 Å². The summed E-state index contributed by atoms with van der Waals surface area (Å²) in [6.07, 6.45) is 2.21. The molecule has 3 aromatic rings. The molecule has 26 heavy (non-hydrogen) atoms. The fourth-order valence-electron chi connectivity index (χ4n) is 3.69. The molecule has 0 bridgehead atoms. The van der Waals surface area contributed by atoms with Gasteiger partial charge in [0.1, 0.15) is 5.75 Å². The minimum Gasteiger partial charge on any atom is -0.497 e. The van der Waals surface area contributed by atoms with E-state index in [1.807, 2.05) is 30.5 Å². The second-order valence-corrected chi connectivity index (χ2v) is 6.41. The van der Waals surface area contributed by atoms with Gasteiger partial charge in [-0.2, -0.15) is 0 Å². The number of rotatable bonds is 4. The molecule has 0 spiro atoms. The van der Waals surface area contributed by atoms with Gasteiger partial charge in [-0.1, -0.05) is 18.2 Å². The van der Waals surface area contributed by atoms with Gasteiger partial charge in [0.15, 0.2) is 0 Å². The molecule has 2 amide bonds. The minimum atomic E-state index is -0.442. The molecule has 1 saturated heterocycles. The van der Waals surface area contributed by atoms with E-state index >= 15 is 0 Å². The summed E-state index contributed by atoms with van der Waals surface area (Å²) in [6, 6.07) is 15.0. The number of benzene rings is 2. The molecular formula is C21H20N2O3. The second kappa shape index (κ2) is 6.33. The van der Waals surface area contributed by atoms with Crippen LogP contribution in [-0.2, 0) is 16.1 Å². The molecule has 5 nitrogen and oxygen atoms in total. The zero-order valence-electron chi connectivity index (χ0n) is 14.8. The SMILES string of the molecule is CCn1cc(C2CC(=O)N(c3ccc(OC)cc3)C2=O)c2ccccc21. The van der Waals surface area contributed by atoms with Crippen LogP contribution >= 0.6 is 0 Å². The fourth-order valence-corrected chi connectivity index (χ4v) is 3.69. The normalized spacial score (nSPS) is 17.3. The van der Waals surface area contributed by atoms with Crippen molar-refractivity contribution in [1.29, 1.82) is 0 Å². The summed E-state index contributed by atoms with van der Waals surface area (Å²) in [7, 11) is 1.58. The van der Waals surface area contributed by atoms with Crippen LogP contribution < -0.4 is 9.64 Å². The molecule has 2 aromatic carbocycles. The lowest BCUT2D eigenvalue weighted by molar-refractivity contribution is -0.121. The molecule has 1 atom stereocenters. The predicted octanol–water partition coefficient (Wildman–Crippen LogP) is 3.72. The van der Waals surface area contributed by atoms with Crippen molar-refractivity contribution in [2.45, 2.75) is 25.8 Å². The Balaban J connectivity index is 1.73. The summed E-state index contributed by atoms with van der Waals surface area (Å²) < 4.78 is 7.27. The monoisotopic (exact) mass is 348 g/mol. The summed E-state index contributed by atoms with van der Waals surface area (Å²) in [5, 5.41) is 1.04. The number of nitrogens with zero attached hydrogens (tertiary/aromatic N) is 2. The van der Waals surface area contributed by atoms with E-state index in [4.69, 9.17) is 4.74 Å². The lowest BCUT2D eigenvalue weighted by Gasteiger charge is -2.15. The Bertz CT molecular complexity index is 988. The maximum absolute atomic E-state index is 13.1. The van der Waals surface area contributed by atoms with Gasteiger partial charge < -0.3 is 9.30 Å². The maximum Gasteiger partial charge on any atom is 0.241 e. The molecule has 132 valence electrons. The van der Waals surface area contributed by atoms with E-state index in [1.54, 1.807) is 31.4 Å². The van der Waals surface area contributed by atoms with E-state index in [0.29, 0.717) is 11.4 Å². The molecule has 1 aliphatic heterocycles. The third kappa shape index (κ3) is 2.47. The van der Waals surface area contributed by atoms with Crippen molar-refractivity contribution in [3.63, 3.8) is 0 Å². The first-order valence-corrected chi connectivity index (χ1v) is 8.72. The molecule has 0 N–H and O–H groups in total. The van der Waals surface area contributed by atoms with E-state index < -0.39 is 5.92 Å². The average molecular weight is 348 g/mol. The highest BCUT2D eigenvalue weighted by Gasteiger charge is 2.41. The number of methoxy groups -OCH3 is 1. The number of ether oxygens (including phenoxy) is 1. The van der Waals surface area contributed by atoms with Gasteiger partial charge in [0.25, 0.3) is 0 Å². The van der Waals surface area contributed by atoms with E-state index in [2.05, 4.69) is 11.5 Å². The van der Waals surface area contributed by atoms with Crippen molar-refractivity contribution in [1.82, 2.24) is 4.57 Å². The number of hydrogen-bond acceptors (Lipinski definition) is 3. The van der Waals surface area contributed by atoms with Crippen LogP contribution in [0.1, 0.15) is 24.8 Å². The van der Waals surface area contributed by atoms with Crippen LogP contribution in [-0.4, -0.2) is 23.5 Å². The topological polar surface area (TPSA) is 51.5 Å². The predicted molar refractivity (Wildman–Crippen MR) is 100 cm³/mol. The highest BCUT2D eigenvalue weighted by atomic mass is 16.5. The number of aromatic nitrogens is 1. The van der Waals surface area contributed by atoms with Gasteiger partial charge in [-0.3, -0.25) is 14.5 Å². The Kier molecular flexibility index (Phi) is 3.99. The summed E-state index contributed by atoms with van der Waals surface area (Å²) >= 11 is 0. The molecule has 0 saturated carbocycles. The van der Waals surface area contributed by atoms with Crippen LogP contribution in [0.15, 0.2) is 54.7 Å². The zero-order chi connectivity index (χ0) is 18.3. The first-order valence-electron chi connectivity index (χ1n) is 8.72. The van der Waals surface area contributed by atoms with Crippen molar-refractivity contribution in [2.24, 2.45) is 0 Å². The van der Waals surface area contributed by atoms with Crippen LogP contribution in [0.3, 0.4) is 0 Å². The quantitative estimate of drug-likeness (QED) is 0.675. The molecule has 1 fully saturated rings. The molecule has 0 radical (unpaired) electrons. The van der Waals surface area contributed by atoms with Gasteiger partial charge in [-0.15, -0.1) is 0 Å². The van der Waals surface area contributed by atoms with Crippen molar-refractivity contribution in [3.8, 4) is 5.75 Å². The number of hydrogen-bond donors (Lipinski definition) is 0. The van der Waals surface area contributed by atoms with E-state index in [1.165, 1.54) is 4.90 Å². The van der Waals surface area contributed by atoms with Crippen LogP contribution in [0.5, 0.6) is 5.75 Å². The Morgan fingerprint density at radius 1 is 1.08 bits per heavy atom. The molecular weight excluding hydrogens is 328 g/mol. The molecule has 1 aromatic heterocycles. The van der Waals surface area contributed by atoms with E-state index in [0.717, 1.165) is 23.0 Å². The minimum absolute atomic E-state index is 0.167. The van der Waals surface area contributed by atoms with E-state index in [-0.39, 0.29) is 18.2 Å². The molecule has 0 aliphatic carbocycles. The average Bonchev–Trinajstić information content (AvgIpc) is 3.19. The fraction of sp³-hybridized carbons (Fsp3) is 0.238. The van der Waals surface area contributed by atoms with Crippen LogP contribution in [0.25, 0.3) is 10.9 Å². The summed E-state index contributed by atoms with van der Waals surface area (Å²) in [5.74, 6) is -0.0876. The van der Waals surface area contributed by atoms with Crippen molar-refractivity contribution < 1.29 is 14.3 Å². The highest BCUT2D eigenvalue weighted by Crippen LogP contribution is 2.37. The van der Waals surface area contributed by atoms with Crippen LogP contribution in [0.4, 0.5) is 5.69 Å². The van der Waals surface area contributed by atoms with Gasteiger partial charge in [0.05, 0.1) is 18.7 Å². The Labute approximate surface area is 151 Å². The molecule has 1 aliphatic rings. The maximum atomic E-state index is 13.1. The largest absolute Gasteiger partial charge is 0.497 e. The first-order chi connectivity index (χ1) is 12.6. The molecule has 5 heteroatoms. The molecule has 1 unspecified atom stereocenters. The second-order valence-electron chi connectivity index (χ2n) is 6.41. The summed E-state index contributed by atoms with van der Waals surface area (Å²) in [5.41, 5.74) is 2.60. The van der Waals surface area contributed by atoms with Gasteiger partial charge in [0.2, 0.25) is 11.8 Å². The standard InChI is InChI=1S/C21H20N2O3/c1-3-22-13-18(16-6-4-5-7-19(16)22)17-12-20(24)23(21(17)25)14-8-10-15(26-2)11-9-14/h4-11,13,17H,3,12H2,1-2H3. The van der Waals surface area contributed by atoms with Crippen LogP contribution in [0, 0.1) is 0 Å². The lowest BCUT2D eigenvalue weighted by atomic mass is 9.97. The lowest BCUT2D eigenvalue weighted by Crippen LogP contribution is -2.29. The smallest absolute Gasteiger partial charge is 0.241 e. The van der Waals surface area contributed by atoms with Gasteiger partial charge in [0, 0.05) is 30.1 Å². The number of para-hydroxylation sites is 1. The number of imide groups is 1. The van der Waals surface area contributed by atoms with E-state index in [9.17, 15) is 9.59 Å². The summed E-state index contributed by atoms with van der Waals surface area (Å²) in [6.45, 7) is 2.89. The Hall–Kier alpha value is -3.08.